The van der Waals surface area contributed by atoms with E-state index in [-0.39, 0.29) is 11.3 Å². The van der Waals surface area contributed by atoms with E-state index in [4.69, 9.17) is 16.3 Å². The van der Waals surface area contributed by atoms with Crippen molar-refractivity contribution in [1.82, 2.24) is 5.32 Å². The molecule has 4 nitrogen and oxygen atoms in total. The molecule has 1 aliphatic rings. The molecule has 0 aliphatic carbocycles. The number of rotatable bonds is 4. The Labute approximate surface area is 131 Å². The van der Waals surface area contributed by atoms with Crippen molar-refractivity contribution in [3.63, 3.8) is 0 Å². The van der Waals surface area contributed by atoms with Gasteiger partial charge in [0.25, 0.3) is 0 Å². The molecule has 1 aromatic carbocycles. The van der Waals surface area contributed by atoms with Crippen molar-refractivity contribution in [2.45, 2.75) is 33.1 Å². The van der Waals surface area contributed by atoms with Crippen LogP contribution in [0.4, 0.5) is 5.69 Å². The summed E-state index contributed by atoms with van der Waals surface area (Å²) in [5, 5.41) is 6.99. The van der Waals surface area contributed by atoms with E-state index in [2.05, 4.69) is 17.6 Å². The van der Waals surface area contributed by atoms with E-state index in [0.717, 1.165) is 37.9 Å². The van der Waals surface area contributed by atoms with Gasteiger partial charge in [-0.2, -0.15) is 0 Å². The van der Waals surface area contributed by atoms with E-state index in [1.54, 1.807) is 13.2 Å². The fourth-order valence-corrected chi connectivity index (χ4v) is 2.96. The molecule has 1 heterocycles. The van der Waals surface area contributed by atoms with Gasteiger partial charge in [0.1, 0.15) is 5.75 Å². The number of anilines is 1. The van der Waals surface area contributed by atoms with E-state index in [1.807, 2.05) is 13.0 Å². The first-order chi connectivity index (χ1) is 10.0. The van der Waals surface area contributed by atoms with Crippen LogP contribution in [0.3, 0.4) is 0 Å². The maximum Gasteiger partial charge on any atom is 0.231 e. The number of benzene rings is 1. The van der Waals surface area contributed by atoms with Crippen molar-refractivity contribution in [2.75, 3.05) is 25.5 Å². The van der Waals surface area contributed by atoms with Gasteiger partial charge in [0.05, 0.1) is 18.2 Å². The molecule has 0 bridgehead atoms. The summed E-state index contributed by atoms with van der Waals surface area (Å²) in [4.78, 5) is 12.7. The first kappa shape index (κ1) is 16.1. The van der Waals surface area contributed by atoms with Gasteiger partial charge in [-0.3, -0.25) is 4.79 Å². The Morgan fingerprint density at radius 2 is 2.29 bits per heavy atom. The smallest absolute Gasteiger partial charge is 0.231 e. The van der Waals surface area contributed by atoms with Gasteiger partial charge in [-0.15, -0.1) is 0 Å². The number of nitrogens with one attached hydrogen (secondary N) is 2. The molecule has 1 saturated heterocycles. The third-order valence-corrected chi connectivity index (χ3v) is 4.77. The normalized spacial score (nSPS) is 21.9. The minimum atomic E-state index is -0.337. The number of carbonyl (C=O) groups excluding carboxylic acids is 1. The standard InChI is InChI=1S/C16H23ClN2O2/c1-4-16(6-5-7-18-10-16)15(20)19-13-8-11(2)12(17)9-14(13)21-3/h8-9,18H,4-7,10H2,1-3H3,(H,19,20). The molecule has 21 heavy (non-hydrogen) atoms. The predicted octanol–water partition coefficient (Wildman–Crippen LogP) is 3.38. The van der Waals surface area contributed by atoms with Crippen LogP contribution in [-0.2, 0) is 4.79 Å². The maximum atomic E-state index is 12.7. The zero-order valence-electron chi connectivity index (χ0n) is 12.9. The minimum absolute atomic E-state index is 0.0530. The van der Waals surface area contributed by atoms with Gasteiger partial charge in [-0.05, 0) is 44.4 Å². The number of hydrogen-bond acceptors (Lipinski definition) is 3. The lowest BCUT2D eigenvalue weighted by molar-refractivity contribution is -0.126. The molecule has 2 rings (SSSR count). The van der Waals surface area contributed by atoms with Crippen molar-refractivity contribution in [3.05, 3.63) is 22.7 Å². The summed E-state index contributed by atoms with van der Waals surface area (Å²) in [7, 11) is 1.58. The summed E-state index contributed by atoms with van der Waals surface area (Å²) in [6.07, 6.45) is 2.76. The number of halogens is 1. The SMILES string of the molecule is CCC1(C(=O)Nc2cc(C)c(Cl)cc2OC)CCCNC1. The lowest BCUT2D eigenvalue weighted by Gasteiger charge is -2.35. The van der Waals surface area contributed by atoms with Crippen LogP contribution in [0.25, 0.3) is 0 Å². The Hall–Kier alpha value is -1.26. The molecule has 0 saturated carbocycles. The molecule has 1 aromatic rings. The Kier molecular flexibility index (Phi) is 5.12. The third kappa shape index (κ3) is 3.33. The first-order valence-corrected chi connectivity index (χ1v) is 7.76. The Morgan fingerprint density at radius 3 is 2.86 bits per heavy atom. The van der Waals surface area contributed by atoms with Gasteiger partial charge in [-0.1, -0.05) is 18.5 Å². The maximum absolute atomic E-state index is 12.7. The molecular formula is C16H23ClN2O2. The van der Waals surface area contributed by atoms with Crippen LogP contribution in [0.15, 0.2) is 12.1 Å². The second-order valence-electron chi connectivity index (χ2n) is 5.67. The van der Waals surface area contributed by atoms with Crippen molar-refractivity contribution >= 4 is 23.2 Å². The largest absolute Gasteiger partial charge is 0.495 e. The van der Waals surface area contributed by atoms with Gasteiger partial charge < -0.3 is 15.4 Å². The highest BCUT2D eigenvalue weighted by molar-refractivity contribution is 6.31. The quantitative estimate of drug-likeness (QED) is 0.896. The van der Waals surface area contributed by atoms with Crippen LogP contribution < -0.4 is 15.4 Å². The monoisotopic (exact) mass is 310 g/mol. The zero-order valence-corrected chi connectivity index (χ0v) is 13.6. The van der Waals surface area contributed by atoms with E-state index in [9.17, 15) is 4.79 Å². The topological polar surface area (TPSA) is 50.4 Å². The third-order valence-electron chi connectivity index (χ3n) is 4.36. The summed E-state index contributed by atoms with van der Waals surface area (Å²) >= 11 is 6.10. The summed E-state index contributed by atoms with van der Waals surface area (Å²) in [6, 6.07) is 3.60. The number of methoxy groups -OCH3 is 1. The van der Waals surface area contributed by atoms with Gasteiger partial charge in [0.2, 0.25) is 5.91 Å². The zero-order chi connectivity index (χ0) is 15.5. The Balaban J connectivity index is 2.24. The highest BCUT2D eigenvalue weighted by Gasteiger charge is 2.38. The summed E-state index contributed by atoms with van der Waals surface area (Å²) in [5.41, 5.74) is 1.26. The lowest BCUT2D eigenvalue weighted by Crippen LogP contribution is -2.47. The minimum Gasteiger partial charge on any atom is -0.495 e. The van der Waals surface area contributed by atoms with E-state index < -0.39 is 0 Å². The summed E-state index contributed by atoms with van der Waals surface area (Å²) in [5.74, 6) is 0.645. The average molecular weight is 311 g/mol. The van der Waals surface area contributed by atoms with Crippen LogP contribution in [0.5, 0.6) is 5.75 Å². The fraction of sp³-hybridized carbons (Fsp3) is 0.562. The lowest BCUT2D eigenvalue weighted by atomic mass is 9.77. The molecule has 0 spiro atoms. The van der Waals surface area contributed by atoms with Gasteiger partial charge >= 0.3 is 0 Å². The van der Waals surface area contributed by atoms with E-state index in [0.29, 0.717) is 16.5 Å². The second-order valence-corrected chi connectivity index (χ2v) is 6.08. The van der Waals surface area contributed by atoms with Crippen LogP contribution in [0.2, 0.25) is 5.02 Å². The molecule has 1 unspecified atom stereocenters. The van der Waals surface area contributed by atoms with Crippen LogP contribution in [0, 0.1) is 12.3 Å². The highest BCUT2D eigenvalue weighted by Crippen LogP contribution is 2.35. The molecule has 1 atom stereocenters. The molecule has 0 radical (unpaired) electrons. The van der Waals surface area contributed by atoms with E-state index in [1.165, 1.54) is 0 Å². The number of hydrogen-bond donors (Lipinski definition) is 2. The average Bonchev–Trinajstić information content (AvgIpc) is 2.51. The molecule has 116 valence electrons. The molecule has 5 heteroatoms. The van der Waals surface area contributed by atoms with Crippen molar-refractivity contribution in [2.24, 2.45) is 5.41 Å². The number of piperidine rings is 1. The van der Waals surface area contributed by atoms with Gasteiger partial charge in [0, 0.05) is 17.6 Å². The van der Waals surface area contributed by atoms with Crippen molar-refractivity contribution < 1.29 is 9.53 Å². The molecule has 1 amide bonds. The fourth-order valence-electron chi connectivity index (χ4n) is 2.81. The molecular weight excluding hydrogens is 288 g/mol. The predicted molar refractivity (Wildman–Crippen MR) is 86.2 cm³/mol. The Morgan fingerprint density at radius 1 is 1.52 bits per heavy atom. The number of carbonyl (C=O) groups is 1. The van der Waals surface area contributed by atoms with Crippen LogP contribution in [0.1, 0.15) is 31.7 Å². The Bertz CT molecular complexity index is 525. The summed E-state index contributed by atoms with van der Waals surface area (Å²) < 4.78 is 5.32. The number of aryl methyl sites for hydroxylation is 1. The number of amides is 1. The molecule has 0 aromatic heterocycles. The van der Waals surface area contributed by atoms with Crippen molar-refractivity contribution in [1.29, 1.82) is 0 Å². The second kappa shape index (κ2) is 6.67. The number of ether oxygens (including phenoxy) is 1. The van der Waals surface area contributed by atoms with Gasteiger partial charge in [0.15, 0.2) is 0 Å². The van der Waals surface area contributed by atoms with Crippen molar-refractivity contribution in [3.8, 4) is 5.75 Å². The van der Waals surface area contributed by atoms with Crippen LogP contribution in [-0.4, -0.2) is 26.1 Å². The summed E-state index contributed by atoms with van der Waals surface area (Å²) in [6.45, 7) is 5.69. The van der Waals surface area contributed by atoms with Crippen LogP contribution >= 0.6 is 11.6 Å². The van der Waals surface area contributed by atoms with Gasteiger partial charge in [-0.25, -0.2) is 0 Å². The molecule has 1 fully saturated rings. The van der Waals surface area contributed by atoms with E-state index >= 15 is 0 Å². The molecule has 2 N–H and O–H groups in total. The first-order valence-electron chi connectivity index (χ1n) is 7.39. The molecule has 1 aliphatic heterocycles. The highest BCUT2D eigenvalue weighted by atomic mass is 35.5.